The van der Waals surface area contributed by atoms with Gasteiger partial charge in [-0.15, -0.1) is 0 Å². The van der Waals surface area contributed by atoms with Gasteiger partial charge < -0.3 is 25.3 Å². The SMILES string of the molecule is COc1cc(C(=O)NCCOc2ccc(F)cc2)cc(Cl)c1OCC(N)=O. The molecule has 0 saturated carbocycles. The topological polar surface area (TPSA) is 99.9 Å². The molecule has 144 valence electrons. The van der Waals surface area contributed by atoms with E-state index in [4.69, 9.17) is 31.5 Å². The molecule has 0 saturated heterocycles. The first-order valence-electron chi connectivity index (χ1n) is 7.86. The Morgan fingerprint density at radius 1 is 1.19 bits per heavy atom. The summed E-state index contributed by atoms with van der Waals surface area (Å²) in [6.45, 7) is 0.0421. The summed E-state index contributed by atoms with van der Waals surface area (Å²) >= 11 is 6.10. The third-order valence-corrected chi connectivity index (χ3v) is 3.60. The molecular formula is C18H18ClFN2O5. The van der Waals surface area contributed by atoms with Crippen LogP contribution in [0.3, 0.4) is 0 Å². The highest BCUT2D eigenvalue weighted by Crippen LogP contribution is 2.36. The molecule has 0 unspecified atom stereocenters. The molecule has 2 aromatic carbocycles. The van der Waals surface area contributed by atoms with E-state index in [0.29, 0.717) is 5.75 Å². The van der Waals surface area contributed by atoms with Crippen molar-refractivity contribution in [2.75, 3.05) is 26.9 Å². The minimum absolute atomic E-state index is 0.100. The van der Waals surface area contributed by atoms with Crippen LogP contribution in [0.1, 0.15) is 10.4 Å². The van der Waals surface area contributed by atoms with Gasteiger partial charge in [0.2, 0.25) is 0 Å². The second-order valence-corrected chi connectivity index (χ2v) is 5.71. The largest absolute Gasteiger partial charge is 0.493 e. The molecule has 2 aromatic rings. The van der Waals surface area contributed by atoms with Crippen LogP contribution in [0.4, 0.5) is 4.39 Å². The average Bonchev–Trinajstić information content (AvgIpc) is 2.64. The molecular weight excluding hydrogens is 379 g/mol. The van der Waals surface area contributed by atoms with E-state index in [1.807, 2.05) is 0 Å². The molecule has 0 bridgehead atoms. The zero-order valence-electron chi connectivity index (χ0n) is 14.5. The monoisotopic (exact) mass is 396 g/mol. The predicted octanol–water partition coefficient (Wildman–Crippen LogP) is 2.16. The van der Waals surface area contributed by atoms with Crippen molar-refractivity contribution in [1.29, 1.82) is 0 Å². The first kappa shape index (κ1) is 20.3. The number of halogens is 2. The molecule has 0 spiro atoms. The van der Waals surface area contributed by atoms with Gasteiger partial charge >= 0.3 is 0 Å². The van der Waals surface area contributed by atoms with Crippen LogP contribution < -0.4 is 25.3 Å². The zero-order valence-corrected chi connectivity index (χ0v) is 15.2. The number of hydrogen-bond acceptors (Lipinski definition) is 5. The fourth-order valence-corrected chi connectivity index (χ4v) is 2.37. The molecule has 3 N–H and O–H groups in total. The summed E-state index contributed by atoms with van der Waals surface area (Å²) in [5, 5.41) is 2.76. The highest BCUT2D eigenvalue weighted by atomic mass is 35.5. The lowest BCUT2D eigenvalue weighted by molar-refractivity contribution is -0.119. The van der Waals surface area contributed by atoms with Gasteiger partial charge in [-0.2, -0.15) is 0 Å². The van der Waals surface area contributed by atoms with E-state index in [-0.39, 0.29) is 47.7 Å². The fourth-order valence-electron chi connectivity index (χ4n) is 2.10. The quantitative estimate of drug-likeness (QED) is 0.633. The average molecular weight is 397 g/mol. The van der Waals surface area contributed by atoms with Gasteiger partial charge in [-0.25, -0.2) is 4.39 Å². The third kappa shape index (κ3) is 6.03. The van der Waals surface area contributed by atoms with Crippen molar-refractivity contribution in [2.45, 2.75) is 0 Å². The predicted molar refractivity (Wildman–Crippen MR) is 96.9 cm³/mol. The van der Waals surface area contributed by atoms with E-state index < -0.39 is 11.8 Å². The Balaban J connectivity index is 1.94. The molecule has 9 heteroatoms. The number of carbonyl (C=O) groups excluding carboxylic acids is 2. The lowest BCUT2D eigenvalue weighted by atomic mass is 10.2. The van der Waals surface area contributed by atoms with Gasteiger partial charge in [-0.05, 0) is 36.4 Å². The molecule has 7 nitrogen and oxygen atoms in total. The lowest BCUT2D eigenvalue weighted by Crippen LogP contribution is -2.28. The molecule has 27 heavy (non-hydrogen) atoms. The van der Waals surface area contributed by atoms with Crippen LogP contribution in [0.15, 0.2) is 36.4 Å². The second kappa shape index (κ2) is 9.63. The molecule has 0 radical (unpaired) electrons. The van der Waals surface area contributed by atoms with Crippen molar-refractivity contribution in [2.24, 2.45) is 5.73 Å². The van der Waals surface area contributed by atoms with Gasteiger partial charge in [0.05, 0.1) is 18.7 Å². The number of carbonyl (C=O) groups is 2. The lowest BCUT2D eigenvalue weighted by Gasteiger charge is -2.13. The Bertz CT molecular complexity index is 814. The van der Waals surface area contributed by atoms with Gasteiger partial charge in [0.15, 0.2) is 18.1 Å². The summed E-state index contributed by atoms with van der Waals surface area (Å²) in [5.74, 6) is -0.628. The molecule has 0 aromatic heterocycles. The van der Waals surface area contributed by atoms with E-state index in [0.717, 1.165) is 0 Å². The fraction of sp³-hybridized carbons (Fsp3) is 0.222. The molecule has 0 atom stereocenters. The van der Waals surface area contributed by atoms with Crippen molar-refractivity contribution in [1.82, 2.24) is 5.32 Å². The summed E-state index contributed by atoms with van der Waals surface area (Å²) in [6.07, 6.45) is 0. The van der Waals surface area contributed by atoms with Crippen LogP contribution in [0.2, 0.25) is 5.02 Å². The van der Waals surface area contributed by atoms with Gasteiger partial charge in [-0.1, -0.05) is 11.6 Å². The van der Waals surface area contributed by atoms with Crippen LogP contribution >= 0.6 is 11.6 Å². The minimum atomic E-state index is -0.670. The Morgan fingerprint density at radius 3 is 2.52 bits per heavy atom. The highest BCUT2D eigenvalue weighted by molar-refractivity contribution is 6.32. The number of ether oxygens (including phenoxy) is 3. The number of nitrogens with two attached hydrogens (primary N) is 1. The molecule has 0 aliphatic heterocycles. The van der Waals surface area contributed by atoms with Gasteiger partial charge in [-0.3, -0.25) is 9.59 Å². The zero-order chi connectivity index (χ0) is 19.8. The molecule has 0 aliphatic rings. The smallest absolute Gasteiger partial charge is 0.255 e. The summed E-state index contributed by atoms with van der Waals surface area (Å²) in [7, 11) is 1.38. The van der Waals surface area contributed by atoms with Gasteiger partial charge in [0, 0.05) is 5.56 Å². The van der Waals surface area contributed by atoms with Crippen molar-refractivity contribution in [3.8, 4) is 17.2 Å². The summed E-state index contributed by atoms with van der Waals surface area (Å²) in [4.78, 5) is 23.1. The number of rotatable bonds is 9. The van der Waals surface area contributed by atoms with Crippen molar-refractivity contribution >= 4 is 23.4 Å². The Hall–Kier alpha value is -3.00. The van der Waals surface area contributed by atoms with E-state index in [1.54, 1.807) is 0 Å². The number of nitrogens with one attached hydrogen (secondary N) is 1. The van der Waals surface area contributed by atoms with Crippen LogP contribution in [0, 0.1) is 5.82 Å². The summed E-state index contributed by atoms with van der Waals surface area (Å²) in [5.41, 5.74) is 5.28. The maximum absolute atomic E-state index is 12.8. The molecule has 0 fully saturated rings. The van der Waals surface area contributed by atoms with Gasteiger partial charge in [0.25, 0.3) is 11.8 Å². The normalized spacial score (nSPS) is 10.2. The summed E-state index contributed by atoms with van der Waals surface area (Å²) < 4.78 is 28.6. The number of primary amides is 1. The first-order chi connectivity index (χ1) is 12.9. The molecule has 2 amide bonds. The van der Waals surface area contributed by atoms with Crippen LogP contribution in [-0.4, -0.2) is 38.7 Å². The standard InChI is InChI=1S/C18H18ClFN2O5/c1-25-15-9-11(8-14(19)17(15)27-10-16(21)23)18(24)22-6-7-26-13-4-2-12(20)3-5-13/h2-5,8-9H,6-7,10H2,1H3,(H2,21,23)(H,22,24). The van der Waals surface area contributed by atoms with Crippen LogP contribution in [-0.2, 0) is 4.79 Å². The Labute approximate surface area is 160 Å². The van der Waals surface area contributed by atoms with Crippen LogP contribution in [0.25, 0.3) is 0 Å². The summed E-state index contributed by atoms with van der Waals surface area (Å²) in [6, 6.07) is 8.36. The second-order valence-electron chi connectivity index (χ2n) is 5.30. The molecule has 0 aliphatic carbocycles. The Morgan fingerprint density at radius 2 is 1.89 bits per heavy atom. The number of methoxy groups -OCH3 is 1. The van der Waals surface area contributed by atoms with Gasteiger partial charge in [0.1, 0.15) is 18.2 Å². The Kier molecular flexibility index (Phi) is 7.25. The molecule has 2 rings (SSSR count). The number of benzene rings is 2. The number of amides is 2. The van der Waals surface area contributed by atoms with Crippen molar-refractivity contribution < 1.29 is 28.2 Å². The maximum atomic E-state index is 12.8. The van der Waals surface area contributed by atoms with E-state index >= 15 is 0 Å². The first-order valence-corrected chi connectivity index (χ1v) is 8.23. The van der Waals surface area contributed by atoms with Crippen molar-refractivity contribution in [3.05, 3.63) is 52.8 Å². The minimum Gasteiger partial charge on any atom is -0.493 e. The third-order valence-electron chi connectivity index (χ3n) is 3.32. The van der Waals surface area contributed by atoms with E-state index in [9.17, 15) is 14.0 Å². The highest BCUT2D eigenvalue weighted by Gasteiger charge is 2.16. The van der Waals surface area contributed by atoms with E-state index in [2.05, 4.69) is 5.32 Å². The van der Waals surface area contributed by atoms with Crippen LogP contribution in [0.5, 0.6) is 17.2 Å². The maximum Gasteiger partial charge on any atom is 0.255 e. The van der Waals surface area contributed by atoms with E-state index in [1.165, 1.54) is 43.5 Å². The van der Waals surface area contributed by atoms with Crippen molar-refractivity contribution in [3.63, 3.8) is 0 Å². The number of hydrogen-bond donors (Lipinski definition) is 2. The molecule has 0 heterocycles.